The summed E-state index contributed by atoms with van der Waals surface area (Å²) in [5.74, 6) is -2.09. The maximum atomic E-state index is 15.4. The van der Waals surface area contributed by atoms with Gasteiger partial charge in [0.15, 0.2) is 17.3 Å². The van der Waals surface area contributed by atoms with Gasteiger partial charge in [0, 0.05) is 16.7 Å². The van der Waals surface area contributed by atoms with E-state index in [4.69, 9.17) is 0 Å². The average Bonchev–Trinajstić information content (AvgIpc) is 3.59. The largest absolute Gasteiger partial charge is 0.384 e. The Hall–Kier alpha value is -5.19. The predicted octanol–water partition coefficient (Wildman–Crippen LogP) is 7.35. The molecule has 0 aromatic heterocycles. The number of rotatable bonds is 3. The molecule has 0 amide bonds. The van der Waals surface area contributed by atoms with Gasteiger partial charge in [-0.1, -0.05) is 133 Å². The van der Waals surface area contributed by atoms with E-state index < -0.39 is 22.3 Å². The molecule has 6 aromatic carbocycles. The molecule has 4 heteroatoms. The molecule has 210 valence electrons. The summed E-state index contributed by atoms with van der Waals surface area (Å²) < 4.78 is 0. The molecule has 4 nitrogen and oxygen atoms in total. The van der Waals surface area contributed by atoms with Crippen molar-refractivity contribution in [3.8, 4) is 0 Å². The summed E-state index contributed by atoms with van der Waals surface area (Å²) in [5, 5.41) is 16.8. The number of carbonyl (C=O) groups is 3. The molecule has 0 heterocycles. The third kappa shape index (κ3) is 2.72. The Kier molecular flexibility index (Phi) is 4.87. The molecule has 3 aliphatic rings. The monoisotopic (exact) mass is 570 g/mol. The van der Waals surface area contributed by atoms with Gasteiger partial charge < -0.3 is 5.11 Å². The fourth-order valence-electron chi connectivity index (χ4n) is 9.10. The Morgan fingerprint density at radius 3 is 1.75 bits per heavy atom. The molecule has 0 radical (unpaired) electrons. The minimum Gasteiger partial charge on any atom is -0.384 e. The van der Waals surface area contributed by atoms with Crippen molar-refractivity contribution in [3.63, 3.8) is 0 Å². The van der Waals surface area contributed by atoms with Crippen LogP contribution in [0.3, 0.4) is 0 Å². The summed E-state index contributed by atoms with van der Waals surface area (Å²) in [5.41, 5.74) is -1.96. The van der Waals surface area contributed by atoms with Crippen LogP contribution >= 0.6 is 0 Å². The van der Waals surface area contributed by atoms with Crippen molar-refractivity contribution < 1.29 is 19.5 Å². The van der Waals surface area contributed by atoms with E-state index in [-0.39, 0.29) is 23.8 Å². The summed E-state index contributed by atoms with van der Waals surface area (Å²) in [4.78, 5) is 45.8. The fraction of sp³-hybridized carbons (Fsp3) is 0.125. The zero-order valence-corrected chi connectivity index (χ0v) is 23.7. The lowest BCUT2D eigenvalue weighted by Crippen LogP contribution is -2.56. The van der Waals surface area contributed by atoms with Crippen LogP contribution in [0.25, 0.3) is 21.5 Å². The first-order valence-electron chi connectivity index (χ1n) is 15.0. The molecular weight excluding hydrogens is 544 g/mol. The third-order valence-electron chi connectivity index (χ3n) is 10.7. The minimum atomic E-state index is -1.90. The first kappa shape index (κ1) is 25.3. The van der Waals surface area contributed by atoms with E-state index in [1.807, 2.05) is 103 Å². The molecule has 44 heavy (non-hydrogen) atoms. The van der Waals surface area contributed by atoms with Crippen LogP contribution in [0.4, 0.5) is 0 Å². The molecule has 6 aromatic rings. The summed E-state index contributed by atoms with van der Waals surface area (Å²) in [6.07, 6.45) is -0.115. The molecule has 2 spiro atoms. The van der Waals surface area contributed by atoms with Gasteiger partial charge in [-0.05, 0) is 44.7 Å². The highest BCUT2D eigenvalue weighted by molar-refractivity contribution is 6.28. The summed E-state index contributed by atoms with van der Waals surface area (Å²) in [7, 11) is 0. The first-order valence-corrected chi connectivity index (χ1v) is 15.0. The summed E-state index contributed by atoms with van der Waals surface area (Å²) in [6.45, 7) is 0. The number of carbonyl (C=O) groups excluding carboxylic acids is 3. The van der Waals surface area contributed by atoms with Crippen molar-refractivity contribution in [1.82, 2.24) is 0 Å². The third-order valence-corrected chi connectivity index (χ3v) is 10.7. The van der Waals surface area contributed by atoms with Gasteiger partial charge in [-0.3, -0.25) is 14.4 Å². The number of hydrogen-bond acceptors (Lipinski definition) is 4. The Balaban J connectivity index is 1.48. The molecule has 0 bridgehead atoms. The van der Waals surface area contributed by atoms with Gasteiger partial charge in [-0.25, -0.2) is 0 Å². The van der Waals surface area contributed by atoms with E-state index in [2.05, 4.69) is 0 Å². The molecule has 4 unspecified atom stereocenters. The van der Waals surface area contributed by atoms with E-state index in [0.29, 0.717) is 33.4 Å². The average molecular weight is 571 g/mol. The number of ketones is 3. The first-order chi connectivity index (χ1) is 21.4. The second kappa shape index (κ2) is 8.46. The van der Waals surface area contributed by atoms with Crippen LogP contribution in [0.5, 0.6) is 0 Å². The van der Waals surface area contributed by atoms with Gasteiger partial charge in [0.25, 0.3) is 0 Å². The van der Waals surface area contributed by atoms with Crippen LogP contribution in [0.15, 0.2) is 133 Å². The fourth-order valence-corrected chi connectivity index (χ4v) is 9.10. The quantitative estimate of drug-likeness (QED) is 0.226. The molecular formula is C40H26O4. The number of benzene rings is 6. The number of aliphatic hydroxyl groups is 1. The molecule has 1 fully saturated rings. The topological polar surface area (TPSA) is 71.4 Å². The predicted molar refractivity (Wildman–Crippen MR) is 169 cm³/mol. The Bertz CT molecular complexity index is 2230. The van der Waals surface area contributed by atoms with Crippen LogP contribution in [0.1, 0.15) is 54.2 Å². The lowest BCUT2D eigenvalue weighted by molar-refractivity contribution is -0.0217. The van der Waals surface area contributed by atoms with Crippen LogP contribution in [-0.2, 0) is 16.4 Å². The smallest absolute Gasteiger partial charge is 0.178 e. The maximum absolute atomic E-state index is 15.4. The van der Waals surface area contributed by atoms with Gasteiger partial charge in [0.1, 0.15) is 11.0 Å². The SMILES string of the molecule is O=C(c1ccccc1)C1C2(CC(O)(c3ccccc3)C13C(=O)c1cccc4cccc3c14)C(=O)c1cccc3cccc2c13. The highest BCUT2D eigenvalue weighted by Gasteiger charge is 2.80. The molecule has 0 saturated heterocycles. The normalized spacial score (nSPS) is 26.4. The van der Waals surface area contributed by atoms with E-state index in [0.717, 1.165) is 21.5 Å². The second-order valence-electron chi connectivity index (χ2n) is 12.4. The lowest BCUT2D eigenvalue weighted by atomic mass is 9.57. The van der Waals surface area contributed by atoms with Crippen LogP contribution < -0.4 is 0 Å². The van der Waals surface area contributed by atoms with E-state index in [1.165, 1.54) is 0 Å². The summed E-state index contributed by atoms with van der Waals surface area (Å²) >= 11 is 0. The van der Waals surface area contributed by atoms with Gasteiger partial charge in [-0.2, -0.15) is 0 Å². The lowest BCUT2D eigenvalue weighted by Gasteiger charge is -2.43. The van der Waals surface area contributed by atoms with Crippen molar-refractivity contribution in [1.29, 1.82) is 0 Å². The molecule has 0 aliphatic heterocycles. The molecule has 9 rings (SSSR count). The standard InChI is InChI=1S/C40H26O4/c41-34(26-11-3-1-4-12-26)35-38(30-21-9-15-24-13-7-19-28(32(24)30)36(38)42)23-39(44,27-17-5-2-6-18-27)40(35)31-22-10-16-25-14-8-20-29(33(25)31)37(40)43/h1-22,35,44H,23H2. The zero-order chi connectivity index (χ0) is 29.8. The Labute approximate surface area is 253 Å². The molecule has 4 atom stereocenters. The van der Waals surface area contributed by atoms with Crippen LogP contribution in [0.2, 0.25) is 0 Å². The van der Waals surface area contributed by atoms with Crippen molar-refractivity contribution in [2.24, 2.45) is 5.92 Å². The number of hydrogen-bond donors (Lipinski definition) is 1. The van der Waals surface area contributed by atoms with Crippen molar-refractivity contribution in [3.05, 3.63) is 167 Å². The maximum Gasteiger partial charge on any atom is 0.178 e. The van der Waals surface area contributed by atoms with Crippen molar-refractivity contribution in [2.45, 2.75) is 22.9 Å². The van der Waals surface area contributed by atoms with E-state index >= 15 is 14.4 Å². The van der Waals surface area contributed by atoms with Crippen molar-refractivity contribution >= 4 is 38.9 Å². The van der Waals surface area contributed by atoms with Gasteiger partial charge in [0.2, 0.25) is 0 Å². The molecule has 1 saturated carbocycles. The number of fused-ring (bicyclic) bond motifs is 2. The summed E-state index contributed by atoms with van der Waals surface area (Å²) in [6, 6.07) is 40.8. The van der Waals surface area contributed by atoms with Gasteiger partial charge in [-0.15, -0.1) is 0 Å². The zero-order valence-electron chi connectivity index (χ0n) is 23.7. The minimum absolute atomic E-state index is 0.115. The highest BCUT2D eigenvalue weighted by Crippen LogP contribution is 2.71. The van der Waals surface area contributed by atoms with Gasteiger partial charge in [0.05, 0.1) is 11.3 Å². The Morgan fingerprint density at radius 1 is 0.591 bits per heavy atom. The second-order valence-corrected chi connectivity index (χ2v) is 12.4. The number of Topliss-reactive ketones (excluding diaryl/α,β-unsaturated/α-hetero) is 3. The van der Waals surface area contributed by atoms with E-state index in [9.17, 15) is 5.11 Å². The molecule has 1 N–H and O–H groups in total. The van der Waals surface area contributed by atoms with Crippen LogP contribution in [-0.4, -0.2) is 22.5 Å². The van der Waals surface area contributed by atoms with Crippen molar-refractivity contribution in [2.75, 3.05) is 0 Å². The molecule has 3 aliphatic carbocycles. The van der Waals surface area contributed by atoms with Gasteiger partial charge >= 0.3 is 0 Å². The highest BCUT2D eigenvalue weighted by atomic mass is 16.3. The Morgan fingerprint density at radius 2 is 1.11 bits per heavy atom. The van der Waals surface area contributed by atoms with E-state index in [1.54, 1.807) is 30.3 Å². The van der Waals surface area contributed by atoms with Crippen LogP contribution in [0, 0.1) is 5.92 Å².